The number of carbonyl (C=O) groups is 1. The molecular formula is C19H23N3O4. The Labute approximate surface area is 152 Å². The lowest BCUT2D eigenvalue weighted by Gasteiger charge is -2.52. The Morgan fingerprint density at radius 1 is 1.42 bits per heavy atom. The summed E-state index contributed by atoms with van der Waals surface area (Å²) in [6.07, 6.45) is 7.57. The van der Waals surface area contributed by atoms with E-state index in [-0.39, 0.29) is 17.6 Å². The molecule has 2 saturated heterocycles. The van der Waals surface area contributed by atoms with Gasteiger partial charge in [0.25, 0.3) is 5.91 Å². The van der Waals surface area contributed by atoms with Gasteiger partial charge in [-0.05, 0) is 18.1 Å². The number of nitrogens with zero attached hydrogens (tertiary/aromatic N) is 3. The van der Waals surface area contributed by atoms with Crippen LogP contribution in [-0.2, 0) is 22.5 Å². The number of rotatable bonds is 5. The van der Waals surface area contributed by atoms with Crippen molar-refractivity contribution in [3.05, 3.63) is 47.6 Å². The molecule has 2 aliphatic heterocycles. The molecule has 138 valence electrons. The molecule has 0 aliphatic carbocycles. The maximum atomic E-state index is 12.6. The van der Waals surface area contributed by atoms with Crippen LogP contribution in [-0.4, -0.2) is 52.3 Å². The molecule has 2 fully saturated rings. The van der Waals surface area contributed by atoms with Crippen LogP contribution in [0.25, 0.3) is 0 Å². The predicted molar refractivity (Wildman–Crippen MR) is 92.5 cm³/mol. The summed E-state index contributed by atoms with van der Waals surface area (Å²) in [4.78, 5) is 18.5. The number of aromatic nitrogens is 2. The van der Waals surface area contributed by atoms with Gasteiger partial charge in [-0.25, -0.2) is 0 Å². The number of carbonyl (C=O) groups excluding carboxylic acids is 1. The van der Waals surface area contributed by atoms with Gasteiger partial charge in [-0.3, -0.25) is 9.78 Å². The highest BCUT2D eigenvalue weighted by atomic mass is 16.5. The van der Waals surface area contributed by atoms with Crippen molar-refractivity contribution in [2.24, 2.45) is 0 Å². The zero-order valence-electron chi connectivity index (χ0n) is 14.9. The molecule has 1 atom stereocenters. The number of likely N-dealkylation sites (tertiary alicyclic amines) is 1. The van der Waals surface area contributed by atoms with Gasteiger partial charge in [0.15, 0.2) is 0 Å². The van der Waals surface area contributed by atoms with E-state index in [1.54, 1.807) is 11.1 Å². The minimum atomic E-state index is -0.281. The highest BCUT2D eigenvalue weighted by Gasteiger charge is 2.50. The average Bonchev–Trinajstić information content (AvgIpc) is 3.14. The fourth-order valence-electron chi connectivity index (χ4n) is 3.70. The minimum Gasteiger partial charge on any atom is -0.373 e. The first-order valence-electron chi connectivity index (χ1n) is 9.06. The third kappa shape index (κ3) is 3.37. The summed E-state index contributed by atoms with van der Waals surface area (Å²) in [5, 5.41) is 3.75. The highest BCUT2D eigenvalue weighted by molar-refractivity contribution is 5.95. The lowest BCUT2D eigenvalue weighted by Crippen LogP contribution is -2.67. The molecule has 4 rings (SSSR count). The summed E-state index contributed by atoms with van der Waals surface area (Å²) in [7, 11) is 0. The third-order valence-corrected chi connectivity index (χ3v) is 5.10. The van der Waals surface area contributed by atoms with Crippen LogP contribution in [0.15, 0.2) is 35.2 Å². The van der Waals surface area contributed by atoms with E-state index < -0.39 is 0 Å². The van der Waals surface area contributed by atoms with Crippen LogP contribution < -0.4 is 0 Å². The van der Waals surface area contributed by atoms with E-state index in [9.17, 15) is 4.79 Å². The Morgan fingerprint density at radius 3 is 3.08 bits per heavy atom. The number of hydrogen-bond donors (Lipinski definition) is 0. The molecule has 2 aromatic rings. The molecular weight excluding hydrogens is 334 g/mol. The van der Waals surface area contributed by atoms with Crippen LogP contribution in [0.4, 0.5) is 0 Å². The van der Waals surface area contributed by atoms with Crippen LogP contribution in [0, 0.1) is 0 Å². The van der Waals surface area contributed by atoms with E-state index in [0.29, 0.717) is 44.0 Å². The largest absolute Gasteiger partial charge is 0.373 e. The van der Waals surface area contributed by atoms with Crippen molar-refractivity contribution in [1.82, 2.24) is 15.0 Å². The lowest BCUT2D eigenvalue weighted by molar-refractivity contribution is -0.188. The number of pyridine rings is 1. The van der Waals surface area contributed by atoms with E-state index in [2.05, 4.69) is 10.1 Å². The predicted octanol–water partition coefficient (Wildman–Crippen LogP) is 2.22. The van der Waals surface area contributed by atoms with Crippen molar-refractivity contribution in [3.63, 3.8) is 0 Å². The molecule has 0 radical (unpaired) electrons. The topological polar surface area (TPSA) is 77.7 Å². The van der Waals surface area contributed by atoms with Crippen molar-refractivity contribution in [2.45, 2.75) is 44.5 Å². The van der Waals surface area contributed by atoms with E-state index in [1.807, 2.05) is 25.3 Å². The standard InChI is InChI=1S/C19H23N3O4/c1-2-17-16(10-21-26-17)18(23)22-12-19(13-22)8-15(5-7-25-19)24-11-14-4-3-6-20-9-14/h3-4,6,9-10,15H,2,5,7-8,11-13H2,1H3. The molecule has 0 aromatic carbocycles. The first-order valence-corrected chi connectivity index (χ1v) is 9.06. The summed E-state index contributed by atoms with van der Waals surface area (Å²) < 4.78 is 17.2. The van der Waals surface area contributed by atoms with Crippen LogP contribution in [0.1, 0.15) is 41.4 Å². The minimum absolute atomic E-state index is 0.0317. The molecule has 0 saturated carbocycles. The Balaban J connectivity index is 1.32. The fraction of sp³-hybridized carbons (Fsp3) is 0.526. The van der Waals surface area contributed by atoms with Gasteiger partial charge in [0, 0.05) is 31.8 Å². The fourth-order valence-corrected chi connectivity index (χ4v) is 3.70. The van der Waals surface area contributed by atoms with Gasteiger partial charge in [-0.15, -0.1) is 0 Å². The number of ether oxygens (including phenoxy) is 2. The molecule has 0 bridgehead atoms. The molecule has 26 heavy (non-hydrogen) atoms. The maximum Gasteiger partial charge on any atom is 0.259 e. The van der Waals surface area contributed by atoms with Gasteiger partial charge in [-0.2, -0.15) is 0 Å². The van der Waals surface area contributed by atoms with E-state index in [1.165, 1.54) is 6.20 Å². The second kappa shape index (κ2) is 7.17. The van der Waals surface area contributed by atoms with Gasteiger partial charge < -0.3 is 18.9 Å². The van der Waals surface area contributed by atoms with Crippen LogP contribution in [0.3, 0.4) is 0 Å². The number of aryl methyl sites for hydroxylation is 1. The summed E-state index contributed by atoms with van der Waals surface area (Å²) in [5.41, 5.74) is 1.34. The molecule has 2 aliphatic rings. The quantitative estimate of drug-likeness (QED) is 0.817. The summed E-state index contributed by atoms with van der Waals surface area (Å²) in [6, 6.07) is 3.92. The summed E-state index contributed by atoms with van der Waals surface area (Å²) >= 11 is 0. The second-order valence-corrected chi connectivity index (χ2v) is 7.00. The highest BCUT2D eigenvalue weighted by Crippen LogP contribution is 2.36. The molecule has 0 N–H and O–H groups in total. The van der Waals surface area contributed by atoms with Gasteiger partial charge in [0.05, 0.1) is 32.0 Å². The van der Waals surface area contributed by atoms with Crippen molar-refractivity contribution in [1.29, 1.82) is 0 Å². The normalized spacial score (nSPS) is 21.6. The summed E-state index contributed by atoms with van der Waals surface area (Å²) in [6.45, 7) is 4.34. The third-order valence-electron chi connectivity index (χ3n) is 5.10. The molecule has 7 heteroatoms. The van der Waals surface area contributed by atoms with Gasteiger partial charge in [-0.1, -0.05) is 18.1 Å². The number of hydrogen-bond acceptors (Lipinski definition) is 6. The molecule has 1 amide bonds. The Bertz CT molecular complexity index is 755. The Morgan fingerprint density at radius 2 is 2.31 bits per heavy atom. The van der Waals surface area contributed by atoms with E-state index in [4.69, 9.17) is 14.0 Å². The zero-order chi connectivity index (χ0) is 18.0. The Kier molecular flexibility index (Phi) is 4.74. The maximum absolute atomic E-state index is 12.6. The van der Waals surface area contributed by atoms with Crippen LogP contribution >= 0.6 is 0 Å². The molecule has 1 spiro atoms. The van der Waals surface area contributed by atoms with Gasteiger partial charge >= 0.3 is 0 Å². The molecule has 2 aromatic heterocycles. The number of amides is 1. The smallest absolute Gasteiger partial charge is 0.259 e. The monoisotopic (exact) mass is 357 g/mol. The summed E-state index contributed by atoms with van der Waals surface area (Å²) in [5.74, 6) is 0.605. The van der Waals surface area contributed by atoms with Crippen molar-refractivity contribution in [2.75, 3.05) is 19.7 Å². The SMILES string of the molecule is CCc1oncc1C(=O)N1CC2(CC(OCc3cccnc3)CCO2)C1. The van der Waals surface area contributed by atoms with E-state index >= 15 is 0 Å². The van der Waals surface area contributed by atoms with Crippen molar-refractivity contribution in [3.8, 4) is 0 Å². The first-order chi connectivity index (χ1) is 12.7. The van der Waals surface area contributed by atoms with E-state index in [0.717, 1.165) is 18.4 Å². The second-order valence-electron chi connectivity index (χ2n) is 7.00. The van der Waals surface area contributed by atoms with Crippen molar-refractivity contribution >= 4 is 5.91 Å². The lowest BCUT2D eigenvalue weighted by atomic mass is 9.84. The van der Waals surface area contributed by atoms with Crippen LogP contribution in [0.2, 0.25) is 0 Å². The van der Waals surface area contributed by atoms with Crippen LogP contribution in [0.5, 0.6) is 0 Å². The van der Waals surface area contributed by atoms with Crippen molar-refractivity contribution < 1.29 is 18.8 Å². The van der Waals surface area contributed by atoms with Gasteiger partial charge in [0.1, 0.15) is 16.9 Å². The van der Waals surface area contributed by atoms with Gasteiger partial charge in [0.2, 0.25) is 0 Å². The molecule has 7 nitrogen and oxygen atoms in total. The molecule has 4 heterocycles. The Hall–Kier alpha value is -2.25. The zero-order valence-corrected chi connectivity index (χ0v) is 14.9. The average molecular weight is 357 g/mol. The first kappa shape index (κ1) is 17.2. The molecule has 1 unspecified atom stereocenters.